The van der Waals surface area contributed by atoms with Gasteiger partial charge in [-0.2, -0.15) is 0 Å². The summed E-state index contributed by atoms with van der Waals surface area (Å²) in [5, 5.41) is 21.9. The molecule has 1 aromatic carbocycles. The third kappa shape index (κ3) is 3.96. The number of aryl methyl sites for hydroxylation is 2. The van der Waals surface area contributed by atoms with Gasteiger partial charge in [-0.1, -0.05) is 12.1 Å². The van der Waals surface area contributed by atoms with Gasteiger partial charge in [-0.25, -0.2) is 0 Å². The quantitative estimate of drug-likeness (QED) is 0.756. The highest BCUT2D eigenvalue weighted by molar-refractivity contribution is 5.46. The maximum atomic E-state index is 9.75. The van der Waals surface area contributed by atoms with Crippen molar-refractivity contribution in [1.29, 1.82) is 0 Å². The SMILES string of the molecule is Cc1ccc(O)c(CNc2cccc(CCCO)c2)n1. The Morgan fingerprint density at radius 2 is 2.05 bits per heavy atom. The number of pyridine rings is 1. The zero-order chi connectivity index (χ0) is 14.4. The summed E-state index contributed by atoms with van der Waals surface area (Å²) in [6.07, 6.45) is 1.63. The van der Waals surface area contributed by atoms with Crippen molar-refractivity contribution >= 4 is 5.69 Å². The van der Waals surface area contributed by atoms with Gasteiger partial charge in [0.25, 0.3) is 0 Å². The number of benzene rings is 1. The van der Waals surface area contributed by atoms with Crippen molar-refractivity contribution in [2.45, 2.75) is 26.3 Å². The topological polar surface area (TPSA) is 65.4 Å². The second-order valence-electron chi connectivity index (χ2n) is 4.80. The van der Waals surface area contributed by atoms with Crippen molar-refractivity contribution in [3.8, 4) is 5.75 Å². The Bertz CT molecular complexity index is 570. The molecule has 4 heteroatoms. The van der Waals surface area contributed by atoms with Crippen LogP contribution in [0.1, 0.15) is 23.4 Å². The molecule has 106 valence electrons. The van der Waals surface area contributed by atoms with Gasteiger partial charge in [-0.15, -0.1) is 0 Å². The van der Waals surface area contributed by atoms with E-state index in [1.165, 1.54) is 5.56 Å². The van der Waals surface area contributed by atoms with Crippen molar-refractivity contribution in [3.63, 3.8) is 0 Å². The maximum absolute atomic E-state index is 9.75. The number of aliphatic hydroxyl groups is 1. The number of nitrogens with one attached hydrogen (secondary N) is 1. The van der Waals surface area contributed by atoms with Gasteiger partial charge in [0.2, 0.25) is 0 Å². The van der Waals surface area contributed by atoms with Gasteiger partial charge in [-0.3, -0.25) is 4.98 Å². The van der Waals surface area contributed by atoms with E-state index < -0.39 is 0 Å². The Morgan fingerprint density at radius 1 is 1.20 bits per heavy atom. The second-order valence-corrected chi connectivity index (χ2v) is 4.80. The number of hydrogen-bond acceptors (Lipinski definition) is 4. The molecule has 0 aliphatic carbocycles. The van der Waals surface area contributed by atoms with Crippen molar-refractivity contribution in [1.82, 2.24) is 4.98 Å². The molecule has 0 radical (unpaired) electrons. The van der Waals surface area contributed by atoms with Crippen LogP contribution in [-0.2, 0) is 13.0 Å². The van der Waals surface area contributed by atoms with Crippen molar-refractivity contribution in [2.75, 3.05) is 11.9 Å². The molecule has 0 atom stereocenters. The molecule has 0 aliphatic rings. The highest BCUT2D eigenvalue weighted by atomic mass is 16.3. The standard InChI is InChI=1S/C16H20N2O2/c1-12-7-8-16(20)15(18-12)11-17-14-6-2-4-13(10-14)5-3-9-19/h2,4,6-8,10,17,19-20H,3,5,9,11H2,1H3. The molecule has 0 saturated carbocycles. The van der Waals surface area contributed by atoms with E-state index in [1.807, 2.05) is 25.1 Å². The van der Waals surface area contributed by atoms with Crippen LogP contribution in [0.4, 0.5) is 5.69 Å². The first-order valence-corrected chi connectivity index (χ1v) is 6.78. The second kappa shape index (κ2) is 6.91. The van der Waals surface area contributed by atoms with Crippen LogP contribution in [0.2, 0.25) is 0 Å². The molecule has 2 aromatic rings. The summed E-state index contributed by atoms with van der Waals surface area (Å²) in [5.41, 5.74) is 3.70. The fourth-order valence-corrected chi connectivity index (χ4v) is 2.04. The lowest BCUT2D eigenvalue weighted by atomic mass is 10.1. The van der Waals surface area contributed by atoms with E-state index in [9.17, 15) is 5.11 Å². The minimum Gasteiger partial charge on any atom is -0.506 e. The first-order chi connectivity index (χ1) is 9.69. The molecule has 3 N–H and O–H groups in total. The van der Waals surface area contributed by atoms with E-state index >= 15 is 0 Å². The van der Waals surface area contributed by atoms with Crippen molar-refractivity contribution in [3.05, 3.63) is 53.3 Å². The van der Waals surface area contributed by atoms with Crippen LogP contribution < -0.4 is 5.32 Å². The van der Waals surface area contributed by atoms with E-state index in [4.69, 9.17) is 5.11 Å². The molecular formula is C16H20N2O2. The fraction of sp³-hybridized carbons (Fsp3) is 0.312. The molecule has 0 unspecified atom stereocenters. The average Bonchev–Trinajstić information content (AvgIpc) is 2.46. The molecule has 4 nitrogen and oxygen atoms in total. The molecule has 0 saturated heterocycles. The molecular weight excluding hydrogens is 252 g/mol. The maximum Gasteiger partial charge on any atom is 0.138 e. The summed E-state index contributed by atoms with van der Waals surface area (Å²) in [6, 6.07) is 11.5. The number of aromatic hydroxyl groups is 1. The molecule has 0 fully saturated rings. The fourth-order valence-electron chi connectivity index (χ4n) is 2.04. The number of aliphatic hydroxyl groups excluding tert-OH is 1. The summed E-state index contributed by atoms with van der Waals surface area (Å²) < 4.78 is 0. The summed E-state index contributed by atoms with van der Waals surface area (Å²) in [5.74, 6) is 0.208. The van der Waals surface area contributed by atoms with Gasteiger partial charge >= 0.3 is 0 Å². The first kappa shape index (κ1) is 14.3. The summed E-state index contributed by atoms with van der Waals surface area (Å²) in [4.78, 5) is 4.31. The third-order valence-corrected chi connectivity index (χ3v) is 3.10. The Labute approximate surface area is 119 Å². The zero-order valence-corrected chi connectivity index (χ0v) is 11.6. The van der Waals surface area contributed by atoms with Crippen LogP contribution in [0.5, 0.6) is 5.75 Å². The molecule has 20 heavy (non-hydrogen) atoms. The van der Waals surface area contributed by atoms with E-state index in [0.717, 1.165) is 24.2 Å². The minimum absolute atomic E-state index is 0.207. The van der Waals surface area contributed by atoms with Crippen LogP contribution in [0.3, 0.4) is 0 Å². The largest absolute Gasteiger partial charge is 0.506 e. The van der Waals surface area contributed by atoms with E-state index in [2.05, 4.69) is 16.4 Å². The van der Waals surface area contributed by atoms with Gasteiger partial charge in [0.05, 0.1) is 6.54 Å². The van der Waals surface area contributed by atoms with Gasteiger partial charge in [0.1, 0.15) is 11.4 Å². The Morgan fingerprint density at radius 3 is 2.85 bits per heavy atom. The van der Waals surface area contributed by atoms with Gasteiger partial charge < -0.3 is 15.5 Å². The van der Waals surface area contributed by atoms with E-state index in [1.54, 1.807) is 12.1 Å². The van der Waals surface area contributed by atoms with Crippen LogP contribution in [0.25, 0.3) is 0 Å². The normalized spacial score (nSPS) is 10.5. The van der Waals surface area contributed by atoms with E-state index in [0.29, 0.717) is 12.2 Å². The van der Waals surface area contributed by atoms with Crippen LogP contribution in [0, 0.1) is 6.92 Å². The number of rotatable bonds is 6. The lowest BCUT2D eigenvalue weighted by molar-refractivity contribution is 0.288. The predicted molar refractivity (Wildman–Crippen MR) is 79.8 cm³/mol. The molecule has 2 rings (SSSR count). The Hall–Kier alpha value is -2.07. The van der Waals surface area contributed by atoms with Gasteiger partial charge in [0.15, 0.2) is 0 Å². The van der Waals surface area contributed by atoms with E-state index in [-0.39, 0.29) is 12.4 Å². The van der Waals surface area contributed by atoms with Gasteiger partial charge in [-0.05, 0) is 49.6 Å². The van der Waals surface area contributed by atoms with Crippen LogP contribution >= 0.6 is 0 Å². The van der Waals surface area contributed by atoms with Crippen molar-refractivity contribution < 1.29 is 10.2 Å². The molecule has 0 amide bonds. The Kier molecular flexibility index (Phi) is 4.96. The number of aromatic nitrogens is 1. The molecule has 1 heterocycles. The first-order valence-electron chi connectivity index (χ1n) is 6.78. The predicted octanol–water partition coefficient (Wildman–Crippen LogP) is 2.63. The van der Waals surface area contributed by atoms with Crippen molar-refractivity contribution in [2.24, 2.45) is 0 Å². The van der Waals surface area contributed by atoms with Crippen LogP contribution in [0.15, 0.2) is 36.4 Å². The monoisotopic (exact) mass is 272 g/mol. The molecule has 0 aliphatic heterocycles. The number of nitrogens with zero attached hydrogens (tertiary/aromatic N) is 1. The third-order valence-electron chi connectivity index (χ3n) is 3.10. The van der Waals surface area contributed by atoms with Crippen LogP contribution in [-0.4, -0.2) is 21.8 Å². The highest BCUT2D eigenvalue weighted by Crippen LogP contribution is 2.18. The number of anilines is 1. The summed E-state index contributed by atoms with van der Waals surface area (Å²) in [7, 11) is 0. The lowest BCUT2D eigenvalue weighted by Crippen LogP contribution is -2.03. The van der Waals surface area contributed by atoms with Gasteiger partial charge in [0, 0.05) is 18.0 Å². The molecule has 0 spiro atoms. The number of hydrogen-bond donors (Lipinski definition) is 3. The molecule has 1 aromatic heterocycles. The summed E-state index contributed by atoms with van der Waals surface area (Å²) in [6.45, 7) is 2.59. The highest BCUT2D eigenvalue weighted by Gasteiger charge is 2.03. The smallest absolute Gasteiger partial charge is 0.138 e. The summed E-state index contributed by atoms with van der Waals surface area (Å²) >= 11 is 0. The zero-order valence-electron chi connectivity index (χ0n) is 11.6. The molecule has 0 bridgehead atoms. The lowest BCUT2D eigenvalue weighted by Gasteiger charge is -2.09. The Balaban J connectivity index is 2.01. The average molecular weight is 272 g/mol. The minimum atomic E-state index is 0.207.